The highest BCUT2D eigenvalue weighted by atomic mass is 16.5. The predicted molar refractivity (Wildman–Crippen MR) is 108 cm³/mol. The Kier molecular flexibility index (Phi) is 5.69. The third-order valence-corrected chi connectivity index (χ3v) is 5.29. The van der Waals surface area contributed by atoms with Gasteiger partial charge in [-0.3, -0.25) is 9.80 Å². The normalized spacial score (nSPS) is 15.6. The first-order chi connectivity index (χ1) is 13.7. The summed E-state index contributed by atoms with van der Waals surface area (Å²) in [5, 5.41) is 4.14. The number of hydrogen-bond donors (Lipinski definition) is 0. The Morgan fingerprint density at radius 2 is 1.61 bits per heavy atom. The molecule has 0 atom stereocenters. The molecule has 1 aliphatic heterocycles. The second-order valence-corrected chi connectivity index (χ2v) is 7.19. The van der Waals surface area contributed by atoms with E-state index >= 15 is 0 Å². The monoisotopic (exact) mass is 378 g/mol. The van der Waals surface area contributed by atoms with E-state index in [1.165, 1.54) is 11.1 Å². The van der Waals surface area contributed by atoms with Crippen LogP contribution in [-0.4, -0.2) is 53.2 Å². The van der Waals surface area contributed by atoms with Gasteiger partial charge in [-0.2, -0.15) is 4.98 Å². The molecule has 3 aromatic rings. The van der Waals surface area contributed by atoms with Crippen molar-refractivity contribution in [2.45, 2.75) is 20.0 Å². The van der Waals surface area contributed by atoms with Gasteiger partial charge in [-0.1, -0.05) is 41.6 Å². The van der Waals surface area contributed by atoms with Crippen molar-refractivity contribution in [3.63, 3.8) is 0 Å². The number of rotatable bonds is 6. The minimum Gasteiger partial charge on any atom is -0.496 e. The molecule has 0 amide bonds. The quantitative estimate of drug-likeness (QED) is 0.656. The molecule has 146 valence electrons. The Morgan fingerprint density at radius 1 is 0.929 bits per heavy atom. The molecule has 1 aliphatic rings. The second kappa shape index (κ2) is 8.54. The summed E-state index contributed by atoms with van der Waals surface area (Å²) >= 11 is 0. The zero-order valence-corrected chi connectivity index (χ0v) is 16.5. The topological polar surface area (TPSA) is 54.6 Å². The van der Waals surface area contributed by atoms with Gasteiger partial charge >= 0.3 is 0 Å². The van der Waals surface area contributed by atoms with Crippen LogP contribution >= 0.6 is 0 Å². The van der Waals surface area contributed by atoms with Crippen molar-refractivity contribution in [3.8, 4) is 17.1 Å². The molecular weight excluding hydrogens is 352 g/mol. The molecule has 1 fully saturated rings. The van der Waals surface area contributed by atoms with Gasteiger partial charge in [0.05, 0.1) is 19.2 Å². The number of piperazine rings is 1. The molecule has 6 nitrogen and oxygen atoms in total. The highest BCUT2D eigenvalue weighted by Crippen LogP contribution is 2.27. The van der Waals surface area contributed by atoms with E-state index in [9.17, 15) is 0 Å². The van der Waals surface area contributed by atoms with E-state index < -0.39 is 0 Å². The Balaban J connectivity index is 1.33. The van der Waals surface area contributed by atoms with Crippen molar-refractivity contribution in [1.82, 2.24) is 19.9 Å². The molecule has 0 aliphatic carbocycles. The van der Waals surface area contributed by atoms with E-state index in [2.05, 4.69) is 51.1 Å². The van der Waals surface area contributed by atoms with Crippen molar-refractivity contribution in [2.24, 2.45) is 0 Å². The fourth-order valence-electron chi connectivity index (χ4n) is 3.58. The molecule has 0 radical (unpaired) electrons. The van der Waals surface area contributed by atoms with Crippen LogP contribution in [0, 0.1) is 6.92 Å². The number of aryl methyl sites for hydroxylation is 1. The van der Waals surface area contributed by atoms with Gasteiger partial charge in [0, 0.05) is 32.7 Å². The van der Waals surface area contributed by atoms with Crippen LogP contribution in [0.5, 0.6) is 5.75 Å². The first-order valence-electron chi connectivity index (χ1n) is 9.68. The molecule has 4 rings (SSSR count). The lowest BCUT2D eigenvalue weighted by Crippen LogP contribution is -2.45. The average Bonchev–Trinajstić information content (AvgIpc) is 3.19. The SMILES string of the molecule is COc1ccccc1-c1noc(CN2CCN(Cc3ccccc3C)CC2)n1. The Bertz CT molecular complexity index is 916. The van der Waals surface area contributed by atoms with E-state index in [4.69, 9.17) is 9.26 Å². The minimum atomic E-state index is 0.575. The summed E-state index contributed by atoms with van der Waals surface area (Å²) in [6.07, 6.45) is 0. The molecule has 28 heavy (non-hydrogen) atoms. The van der Waals surface area contributed by atoms with E-state index in [1.54, 1.807) is 7.11 Å². The van der Waals surface area contributed by atoms with Gasteiger partial charge < -0.3 is 9.26 Å². The van der Waals surface area contributed by atoms with E-state index in [0.29, 0.717) is 18.3 Å². The minimum absolute atomic E-state index is 0.575. The number of benzene rings is 2. The maximum absolute atomic E-state index is 5.49. The van der Waals surface area contributed by atoms with Crippen LogP contribution in [0.2, 0.25) is 0 Å². The Labute approximate surface area is 165 Å². The molecule has 0 unspecified atom stereocenters. The molecule has 0 saturated carbocycles. The molecule has 0 N–H and O–H groups in total. The van der Waals surface area contributed by atoms with Crippen molar-refractivity contribution in [3.05, 3.63) is 65.5 Å². The number of aromatic nitrogens is 2. The highest BCUT2D eigenvalue weighted by molar-refractivity contribution is 5.63. The van der Waals surface area contributed by atoms with Crippen molar-refractivity contribution < 1.29 is 9.26 Å². The van der Waals surface area contributed by atoms with Crippen molar-refractivity contribution in [2.75, 3.05) is 33.3 Å². The van der Waals surface area contributed by atoms with E-state index in [-0.39, 0.29) is 0 Å². The first kappa shape index (κ1) is 18.7. The van der Waals surface area contributed by atoms with Gasteiger partial charge in [-0.05, 0) is 30.2 Å². The predicted octanol–water partition coefficient (Wildman–Crippen LogP) is 3.37. The zero-order chi connectivity index (χ0) is 19.3. The molecule has 1 saturated heterocycles. The zero-order valence-electron chi connectivity index (χ0n) is 16.5. The van der Waals surface area contributed by atoms with Crippen LogP contribution < -0.4 is 4.74 Å². The van der Waals surface area contributed by atoms with E-state index in [0.717, 1.165) is 44.0 Å². The summed E-state index contributed by atoms with van der Waals surface area (Å²) in [4.78, 5) is 9.44. The lowest BCUT2D eigenvalue weighted by molar-refractivity contribution is 0.112. The average molecular weight is 378 g/mol. The molecule has 1 aromatic heterocycles. The van der Waals surface area contributed by atoms with Crippen LogP contribution in [-0.2, 0) is 13.1 Å². The number of methoxy groups -OCH3 is 1. The van der Waals surface area contributed by atoms with Crippen molar-refractivity contribution in [1.29, 1.82) is 0 Å². The van der Waals surface area contributed by atoms with Gasteiger partial charge in [0.2, 0.25) is 11.7 Å². The summed E-state index contributed by atoms with van der Waals surface area (Å²) < 4.78 is 10.9. The summed E-state index contributed by atoms with van der Waals surface area (Å²) in [5.41, 5.74) is 3.62. The maximum atomic E-state index is 5.49. The molecular formula is C22H26N4O2. The van der Waals surface area contributed by atoms with Gasteiger partial charge in [-0.15, -0.1) is 0 Å². The molecule has 2 heterocycles. The fraction of sp³-hybridized carbons (Fsp3) is 0.364. The fourth-order valence-corrected chi connectivity index (χ4v) is 3.58. The standard InChI is InChI=1S/C22H26N4O2/c1-17-7-3-4-8-18(17)15-25-11-13-26(14-12-25)16-21-23-22(24-28-21)19-9-5-6-10-20(19)27-2/h3-10H,11-16H2,1-2H3. The molecule has 0 bridgehead atoms. The molecule has 2 aromatic carbocycles. The van der Waals surface area contributed by atoms with Crippen molar-refractivity contribution >= 4 is 0 Å². The van der Waals surface area contributed by atoms with Crippen LogP contribution in [0.3, 0.4) is 0 Å². The molecule has 6 heteroatoms. The largest absolute Gasteiger partial charge is 0.496 e. The van der Waals surface area contributed by atoms with Crippen LogP contribution in [0.15, 0.2) is 53.1 Å². The van der Waals surface area contributed by atoms with Crippen LogP contribution in [0.1, 0.15) is 17.0 Å². The maximum Gasteiger partial charge on any atom is 0.241 e. The summed E-state index contributed by atoms with van der Waals surface area (Å²) in [6, 6.07) is 16.3. The van der Waals surface area contributed by atoms with Gasteiger partial charge in [0.25, 0.3) is 0 Å². The number of ether oxygens (including phenoxy) is 1. The number of hydrogen-bond acceptors (Lipinski definition) is 6. The summed E-state index contributed by atoms with van der Waals surface area (Å²) in [5.74, 6) is 1.97. The smallest absolute Gasteiger partial charge is 0.241 e. The Hall–Kier alpha value is -2.70. The number of para-hydroxylation sites is 1. The van der Waals surface area contributed by atoms with Gasteiger partial charge in [-0.25, -0.2) is 0 Å². The summed E-state index contributed by atoms with van der Waals surface area (Å²) in [6.45, 7) is 7.96. The van der Waals surface area contributed by atoms with Crippen LogP contribution in [0.4, 0.5) is 0 Å². The first-order valence-corrected chi connectivity index (χ1v) is 9.68. The Morgan fingerprint density at radius 3 is 2.36 bits per heavy atom. The number of nitrogens with zero attached hydrogens (tertiary/aromatic N) is 4. The lowest BCUT2D eigenvalue weighted by atomic mass is 10.1. The lowest BCUT2D eigenvalue weighted by Gasteiger charge is -2.34. The van der Waals surface area contributed by atoms with E-state index in [1.807, 2.05) is 24.3 Å². The van der Waals surface area contributed by atoms with Gasteiger partial charge in [0.1, 0.15) is 5.75 Å². The molecule has 0 spiro atoms. The highest BCUT2D eigenvalue weighted by Gasteiger charge is 2.20. The third-order valence-electron chi connectivity index (χ3n) is 5.29. The van der Waals surface area contributed by atoms with Gasteiger partial charge in [0.15, 0.2) is 0 Å². The second-order valence-electron chi connectivity index (χ2n) is 7.19. The van der Waals surface area contributed by atoms with Crippen LogP contribution in [0.25, 0.3) is 11.4 Å². The third kappa shape index (κ3) is 4.24. The summed E-state index contributed by atoms with van der Waals surface area (Å²) in [7, 11) is 1.65.